The van der Waals surface area contributed by atoms with Gasteiger partial charge < -0.3 is 14.7 Å². The zero-order chi connectivity index (χ0) is 17.8. The minimum absolute atomic E-state index is 0.135. The van der Waals surface area contributed by atoms with E-state index in [0.717, 1.165) is 11.1 Å². The molecule has 2 atom stereocenters. The predicted molar refractivity (Wildman–Crippen MR) is 93.5 cm³/mol. The van der Waals surface area contributed by atoms with Gasteiger partial charge in [0.25, 0.3) is 0 Å². The highest BCUT2D eigenvalue weighted by Gasteiger charge is 2.41. The zero-order valence-electron chi connectivity index (χ0n) is 13.5. The van der Waals surface area contributed by atoms with E-state index in [4.69, 9.17) is 16.3 Å². The molecule has 0 radical (unpaired) electrons. The molecule has 1 amide bonds. The molecule has 5 nitrogen and oxygen atoms in total. The number of carboxylic acid groups (broad SMARTS) is 1. The number of carboxylic acids is 1. The van der Waals surface area contributed by atoms with E-state index < -0.39 is 18.0 Å². The molecule has 6 heteroatoms. The standard InChI is InChI=1S/C19H18ClNO4/c20-15-8-6-14(7-9-15)16-10-21(11-17(16)18(22)23)19(24)25-12-13-4-2-1-3-5-13/h1-9,16-17H,10-12H2,(H,22,23). The van der Waals surface area contributed by atoms with Crippen LogP contribution in [0.15, 0.2) is 54.6 Å². The fourth-order valence-electron chi connectivity index (χ4n) is 3.06. The van der Waals surface area contributed by atoms with Gasteiger partial charge in [-0.2, -0.15) is 0 Å². The molecule has 0 spiro atoms. The lowest BCUT2D eigenvalue weighted by molar-refractivity contribution is -0.141. The quantitative estimate of drug-likeness (QED) is 0.902. The number of aliphatic carboxylic acids is 1. The molecular weight excluding hydrogens is 342 g/mol. The van der Waals surface area contributed by atoms with Crippen molar-refractivity contribution in [2.75, 3.05) is 13.1 Å². The number of carbonyl (C=O) groups excluding carboxylic acids is 1. The number of carbonyl (C=O) groups is 2. The first-order valence-electron chi connectivity index (χ1n) is 7.98. The van der Waals surface area contributed by atoms with E-state index in [1.165, 1.54) is 4.90 Å². The molecule has 2 unspecified atom stereocenters. The second-order valence-electron chi connectivity index (χ2n) is 6.05. The highest BCUT2D eigenvalue weighted by atomic mass is 35.5. The first kappa shape index (κ1) is 17.3. The van der Waals surface area contributed by atoms with Gasteiger partial charge in [0.2, 0.25) is 0 Å². The number of ether oxygens (including phenoxy) is 1. The van der Waals surface area contributed by atoms with Crippen LogP contribution in [-0.2, 0) is 16.1 Å². The van der Waals surface area contributed by atoms with E-state index in [-0.39, 0.29) is 19.1 Å². The normalized spacial score (nSPS) is 19.6. The van der Waals surface area contributed by atoms with Crippen LogP contribution in [0.5, 0.6) is 0 Å². The van der Waals surface area contributed by atoms with E-state index in [1.807, 2.05) is 42.5 Å². The van der Waals surface area contributed by atoms with E-state index >= 15 is 0 Å². The van der Waals surface area contributed by atoms with Crippen molar-refractivity contribution in [3.8, 4) is 0 Å². The van der Waals surface area contributed by atoms with Gasteiger partial charge in [-0.05, 0) is 23.3 Å². The molecular formula is C19H18ClNO4. The first-order valence-corrected chi connectivity index (χ1v) is 8.36. The number of likely N-dealkylation sites (tertiary alicyclic amines) is 1. The van der Waals surface area contributed by atoms with Gasteiger partial charge in [-0.15, -0.1) is 0 Å². The van der Waals surface area contributed by atoms with Gasteiger partial charge >= 0.3 is 12.1 Å². The highest BCUT2D eigenvalue weighted by Crippen LogP contribution is 2.33. The first-order chi connectivity index (χ1) is 12.0. The van der Waals surface area contributed by atoms with E-state index in [1.54, 1.807) is 12.1 Å². The number of hydrogen-bond donors (Lipinski definition) is 1. The summed E-state index contributed by atoms with van der Waals surface area (Å²) in [6.45, 7) is 0.613. The van der Waals surface area contributed by atoms with Crippen molar-refractivity contribution in [3.63, 3.8) is 0 Å². The van der Waals surface area contributed by atoms with E-state index in [2.05, 4.69) is 0 Å². The molecule has 2 aromatic rings. The van der Waals surface area contributed by atoms with Crippen LogP contribution in [0, 0.1) is 5.92 Å². The Hall–Kier alpha value is -2.53. The van der Waals surface area contributed by atoms with Gasteiger partial charge in [-0.25, -0.2) is 4.79 Å². The molecule has 1 saturated heterocycles. The maximum atomic E-state index is 12.3. The summed E-state index contributed by atoms with van der Waals surface area (Å²) in [5.74, 6) is -1.86. The summed E-state index contributed by atoms with van der Waals surface area (Å²) < 4.78 is 5.32. The Kier molecular flexibility index (Phi) is 5.24. The number of rotatable bonds is 4. The summed E-state index contributed by atoms with van der Waals surface area (Å²) >= 11 is 5.90. The number of amides is 1. The van der Waals surface area contributed by atoms with Crippen molar-refractivity contribution in [1.82, 2.24) is 4.90 Å². The minimum atomic E-state index is -0.918. The maximum Gasteiger partial charge on any atom is 0.410 e. The largest absolute Gasteiger partial charge is 0.481 e. The fourth-order valence-corrected chi connectivity index (χ4v) is 3.19. The molecule has 3 rings (SSSR count). The lowest BCUT2D eigenvalue weighted by Crippen LogP contribution is -2.30. The average molecular weight is 360 g/mol. The molecule has 0 bridgehead atoms. The third-order valence-electron chi connectivity index (χ3n) is 4.40. The lowest BCUT2D eigenvalue weighted by atomic mass is 9.89. The van der Waals surface area contributed by atoms with Crippen molar-refractivity contribution in [1.29, 1.82) is 0 Å². The number of benzene rings is 2. The summed E-state index contributed by atoms with van der Waals surface area (Å²) in [6.07, 6.45) is -0.494. The summed E-state index contributed by atoms with van der Waals surface area (Å²) in [5, 5.41) is 10.1. The van der Waals surface area contributed by atoms with Crippen LogP contribution in [0.1, 0.15) is 17.0 Å². The van der Waals surface area contributed by atoms with Crippen LogP contribution in [0.4, 0.5) is 4.79 Å². The fraction of sp³-hybridized carbons (Fsp3) is 0.263. The zero-order valence-corrected chi connectivity index (χ0v) is 14.2. The second-order valence-corrected chi connectivity index (χ2v) is 6.48. The topological polar surface area (TPSA) is 66.8 Å². The Morgan fingerprint density at radius 2 is 1.76 bits per heavy atom. The monoisotopic (exact) mass is 359 g/mol. The van der Waals surface area contributed by atoms with Gasteiger partial charge in [0, 0.05) is 24.0 Å². The third-order valence-corrected chi connectivity index (χ3v) is 4.65. The number of halogens is 1. The minimum Gasteiger partial charge on any atom is -0.481 e. The predicted octanol–water partition coefficient (Wildman–Crippen LogP) is 3.78. The summed E-state index contributed by atoms with van der Waals surface area (Å²) in [7, 11) is 0. The number of hydrogen-bond acceptors (Lipinski definition) is 3. The highest BCUT2D eigenvalue weighted by molar-refractivity contribution is 6.30. The van der Waals surface area contributed by atoms with E-state index in [0.29, 0.717) is 11.6 Å². The lowest BCUT2D eigenvalue weighted by Gasteiger charge is -2.16. The van der Waals surface area contributed by atoms with Crippen LogP contribution in [0.2, 0.25) is 5.02 Å². The second kappa shape index (κ2) is 7.57. The van der Waals surface area contributed by atoms with Gasteiger partial charge in [0.15, 0.2) is 0 Å². The summed E-state index contributed by atoms with van der Waals surface area (Å²) in [4.78, 5) is 25.4. The van der Waals surface area contributed by atoms with Gasteiger partial charge in [0.1, 0.15) is 6.61 Å². The summed E-state index contributed by atoms with van der Waals surface area (Å²) in [6, 6.07) is 16.4. The van der Waals surface area contributed by atoms with Gasteiger partial charge in [0.05, 0.1) is 5.92 Å². The molecule has 25 heavy (non-hydrogen) atoms. The molecule has 1 aliphatic heterocycles. The Morgan fingerprint density at radius 1 is 1.08 bits per heavy atom. The number of nitrogens with zero attached hydrogens (tertiary/aromatic N) is 1. The molecule has 0 aliphatic carbocycles. The SMILES string of the molecule is O=C(O)C1CN(C(=O)OCc2ccccc2)CC1c1ccc(Cl)cc1. The van der Waals surface area contributed by atoms with Crippen LogP contribution >= 0.6 is 11.6 Å². The van der Waals surface area contributed by atoms with Crippen LogP contribution in [-0.4, -0.2) is 35.2 Å². The molecule has 2 aromatic carbocycles. The molecule has 0 saturated carbocycles. The smallest absolute Gasteiger partial charge is 0.410 e. The van der Waals surface area contributed by atoms with Gasteiger partial charge in [-0.1, -0.05) is 54.1 Å². The average Bonchev–Trinajstić information content (AvgIpc) is 3.07. The van der Waals surface area contributed by atoms with Crippen molar-refractivity contribution in [2.45, 2.75) is 12.5 Å². The Morgan fingerprint density at radius 3 is 2.40 bits per heavy atom. The van der Waals surface area contributed by atoms with E-state index in [9.17, 15) is 14.7 Å². The Bertz CT molecular complexity index is 748. The molecule has 1 fully saturated rings. The molecule has 130 valence electrons. The van der Waals surface area contributed by atoms with Crippen molar-refractivity contribution >= 4 is 23.7 Å². The molecule has 1 N–H and O–H groups in total. The Labute approximate surface area is 150 Å². The third kappa shape index (κ3) is 4.12. The maximum absolute atomic E-state index is 12.3. The summed E-state index contributed by atoms with van der Waals surface area (Å²) in [5.41, 5.74) is 1.74. The molecule has 0 aromatic heterocycles. The molecule has 1 heterocycles. The van der Waals surface area contributed by atoms with Crippen LogP contribution < -0.4 is 0 Å². The van der Waals surface area contributed by atoms with Crippen LogP contribution in [0.25, 0.3) is 0 Å². The molecule has 1 aliphatic rings. The Balaban J connectivity index is 1.68. The van der Waals surface area contributed by atoms with Crippen molar-refractivity contribution in [3.05, 3.63) is 70.7 Å². The van der Waals surface area contributed by atoms with Crippen LogP contribution in [0.3, 0.4) is 0 Å². The van der Waals surface area contributed by atoms with Gasteiger partial charge in [-0.3, -0.25) is 4.79 Å². The van der Waals surface area contributed by atoms with Crippen molar-refractivity contribution < 1.29 is 19.4 Å². The van der Waals surface area contributed by atoms with Crippen molar-refractivity contribution in [2.24, 2.45) is 5.92 Å².